The number of pyridine rings is 1. The lowest BCUT2D eigenvalue weighted by molar-refractivity contribution is 0.187. The van der Waals surface area contributed by atoms with Gasteiger partial charge in [0, 0.05) is 58.8 Å². The van der Waals surface area contributed by atoms with Crippen LogP contribution < -0.4 is 15.5 Å². The summed E-state index contributed by atoms with van der Waals surface area (Å²) in [4.78, 5) is 13.8. The summed E-state index contributed by atoms with van der Waals surface area (Å²) < 4.78 is 0. The van der Waals surface area contributed by atoms with Crippen LogP contribution in [-0.2, 0) is 6.54 Å². The molecule has 1 aliphatic heterocycles. The van der Waals surface area contributed by atoms with E-state index in [1.54, 1.807) is 0 Å². The number of hydrogen-bond acceptors (Lipinski definition) is 4. The van der Waals surface area contributed by atoms with Crippen molar-refractivity contribution in [2.24, 2.45) is 10.9 Å². The SMILES string of the molecule is CN=C(NCc1cc(N(C)C)nc2ccccc12)NC1CCN(CC(C)C)CC1. The number of piperidine rings is 1. The number of benzene rings is 1. The van der Waals surface area contributed by atoms with Gasteiger partial charge in [-0.15, -0.1) is 0 Å². The predicted molar refractivity (Wildman–Crippen MR) is 124 cm³/mol. The highest BCUT2D eigenvalue weighted by Crippen LogP contribution is 2.22. The fraction of sp³-hybridized carbons (Fsp3) is 0.565. The standard InChI is InChI=1S/C23H36N6/c1-17(2)16-29-12-10-19(11-13-29)26-23(24-3)25-15-18-14-22(28(4)5)27-21-9-7-6-8-20(18)21/h6-9,14,17,19H,10-13,15-16H2,1-5H3,(H2,24,25,26). The Hall–Kier alpha value is -2.34. The van der Waals surface area contributed by atoms with Crippen molar-refractivity contribution in [1.82, 2.24) is 20.5 Å². The third-order valence-corrected chi connectivity index (χ3v) is 5.47. The van der Waals surface area contributed by atoms with E-state index in [9.17, 15) is 0 Å². The van der Waals surface area contributed by atoms with E-state index in [0.29, 0.717) is 6.04 Å². The van der Waals surface area contributed by atoms with E-state index < -0.39 is 0 Å². The number of aliphatic imine (C=N–C) groups is 1. The smallest absolute Gasteiger partial charge is 0.191 e. The van der Waals surface area contributed by atoms with Gasteiger partial charge in [-0.3, -0.25) is 4.99 Å². The molecule has 0 radical (unpaired) electrons. The highest BCUT2D eigenvalue weighted by atomic mass is 15.2. The molecule has 158 valence electrons. The van der Waals surface area contributed by atoms with Gasteiger partial charge in [-0.25, -0.2) is 4.98 Å². The second-order valence-corrected chi connectivity index (χ2v) is 8.59. The predicted octanol–water partition coefficient (Wildman–Crippen LogP) is 3.09. The van der Waals surface area contributed by atoms with Gasteiger partial charge in [0.1, 0.15) is 5.82 Å². The molecule has 3 rings (SSSR count). The second kappa shape index (κ2) is 9.92. The van der Waals surface area contributed by atoms with Gasteiger partial charge in [-0.2, -0.15) is 0 Å². The highest BCUT2D eigenvalue weighted by Gasteiger charge is 2.20. The Morgan fingerprint density at radius 2 is 1.97 bits per heavy atom. The molecule has 6 nitrogen and oxygen atoms in total. The first-order valence-electron chi connectivity index (χ1n) is 10.7. The minimum Gasteiger partial charge on any atom is -0.363 e. The van der Waals surface area contributed by atoms with E-state index >= 15 is 0 Å². The fourth-order valence-electron chi connectivity index (χ4n) is 3.95. The van der Waals surface area contributed by atoms with Crippen LogP contribution in [0.25, 0.3) is 10.9 Å². The molecule has 0 spiro atoms. The first-order valence-corrected chi connectivity index (χ1v) is 10.7. The number of para-hydroxylation sites is 1. The van der Waals surface area contributed by atoms with Gasteiger partial charge in [-0.05, 0) is 36.5 Å². The second-order valence-electron chi connectivity index (χ2n) is 8.59. The van der Waals surface area contributed by atoms with Crippen LogP contribution in [0.3, 0.4) is 0 Å². The van der Waals surface area contributed by atoms with Crippen molar-refractivity contribution in [3.63, 3.8) is 0 Å². The van der Waals surface area contributed by atoms with Gasteiger partial charge in [0.05, 0.1) is 5.52 Å². The summed E-state index contributed by atoms with van der Waals surface area (Å²) in [7, 11) is 5.90. The van der Waals surface area contributed by atoms with Crippen molar-refractivity contribution < 1.29 is 0 Å². The molecule has 1 aliphatic rings. The number of fused-ring (bicyclic) bond motifs is 1. The Morgan fingerprint density at radius 3 is 2.62 bits per heavy atom. The van der Waals surface area contributed by atoms with Crippen LogP contribution in [-0.4, -0.2) is 62.7 Å². The Labute approximate surface area is 175 Å². The molecule has 0 amide bonds. The Balaban J connectivity index is 1.61. The zero-order valence-electron chi connectivity index (χ0n) is 18.6. The first-order chi connectivity index (χ1) is 14.0. The molecule has 0 aliphatic carbocycles. The van der Waals surface area contributed by atoms with Crippen LogP contribution in [0.5, 0.6) is 0 Å². The third-order valence-electron chi connectivity index (χ3n) is 5.47. The maximum atomic E-state index is 4.75. The van der Waals surface area contributed by atoms with Gasteiger partial charge in [0.2, 0.25) is 0 Å². The molecule has 1 aromatic heterocycles. The van der Waals surface area contributed by atoms with Crippen molar-refractivity contribution in [3.05, 3.63) is 35.9 Å². The third kappa shape index (κ3) is 5.82. The number of aromatic nitrogens is 1. The highest BCUT2D eigenvalue weighted by molar-refractivity contribution is 5.85. The zero-order chi connectivity index (χ0) is 20.8. The Kier molecular flexibility index (Phi) is 7.31. The molecule has 29 heavy (non-hydrogen) atoms. The van der Waals surface area contributed by atoms with Crippen molar-refractivity contribution >= 4 is 22.7 Å². The summed E-state index contributed by atoms with van der Waals surface area (Å²) in [5.41, 5.74) is 2.25. The molecule has 1 aromatic carbocycles. The van der Waals surface area contributed by atoms with Crippen molar-refractivity contribution in [2.75, 3.05) is 45.7 Å². The van der Waals surface area contributed by atoms with Crippen LogP contribution in [0.1, 0.15) is 32.3 Å². The van der Waals surface area contributed by atoms with E-state index in [1.807, 2.05) is 32.1 Å². The quantitative estimate of drug-likeness (QED) is 0.580. The molecular formula is C23H36N6. The van der Waals surface area contributed by atoms with Crippen molar-refractivity contribution in [1.29, 1.82) is 0 Å². The average Bonchev–Trinajstić information content (AvgIpc) is 2.71. The van der Waals surface area contributed by atoms with Crippen LogP contribution in [0.2, 0.25) is 0 Å². The lowest BCUT2D eigenvalue weighted by Gasteiger charge is -2.34. The van der Waals surface area contributed by atoms with Gasteiger partial charge >= 0.3 is 0 Å². The molecule has 1 saturated heterocycles. The molecule has 6 heteroatoms. The molecule has 2 heterocycles. The maximum absolute atomic E-state index is 4.75. The Bertz CT molecular complexity index is 821. The fourth-order valence-corrected chi connectivity index (χ4v) is 3.95. The summed E-state index contributed by atoms with van der Waals surface area (Å²) in [6, 6.07) is 11.0. The van der Waals surface area contributed by atoms with Crippen LogP contribution >= 0.6 is 0 Å². The molecule has 1 fully saturated rings. The van der Waals surface area contributed by atoms with E-state index in [-0.39, 0.29) is 0 Å². The normalized spacial score (nSPS) is 16.4. The maximum Gasteiger partial charge on any atom is 0.191 e. The van der Waals surface area contributed by atoms with E-state index in [1.165, 1.54) is 17.5 Å². The number of nitrogens with zero attached hydrogens (tertiary/aromatic N) is 4. The zero-order valence-corrected chi connectivity index (χ0v) is 18.6. The molecule has 2 N–H and O–H groups in total. The number of guanidine groups is 1. The number of nitrogens with one attached hydrogen (secondary N) is 2. The number of hydrogen-bond donors (Lipinski definition) is 2. The van der Waals surface area contributed by atoms with E-state index in [2.05, 4.69) is 58.6 Å². The van der Waals surface area contributed by atoms with E-state index in [4.69, 9.17) is 4.98 Å². The monoisotopic (exact) mass is 396 g/mol. The Morgan fingerprint density at radius 1 is 1.24 bits per heavy atom. The minimum absolute atomic E-state index is 0.483. The molecule has 0 bridgehead atoms. The first kappa shape index (κ1) is 21.4. The molecule has 0 saturated carbocycles. The average molecular weight is 397 g/mol. The molecule has 0 atom stereocenters. The lowest BCUT2D eigenvalue weighted by atomic mass is 10.0. The minimum atomic E-state index is 0.483. The lowest BCUT2D eigenvalue weighted by Crippen LogP contribution is -2.49. The summed E-state index contributed by atoms with van der Waals surface area (Å²) in [5, 5.41) is 8.32. The topological polar surface area (TPSA) is 55.8 Å². The summed E-state index contributed by atoms with van der Waals surface area (Å²) >= 11 is 0. The van der Waals surface area contributed by atoms with Crippen molar-refractivity contribution in [3.8, 4) is 0 Å². The van der Waals surface area contributed by atoms with Gasteiger partial charge in [-0.1, -0.05) is 32.0 Å². The van der Waals surface area contributed by atoms with Crippen LogP contribution in [0, 0.1) is 5.92 Å². The van der Waals surface area contributed by atoms with Crippen LogP contribution in [0.15, 0.2) is 35.3 Å². The summed E-state index contributed by atoms with van der Waals surface area (Å²) in [6.07, 6.45) is 2.33. The summed E-state index contributed by atoms with van der Waals surface area (Å²) in [5.74, 6) is 2.58. The van der Waals surface area contributed by atoms with Crippen LogP contribution in [0.4, 0.5) is 5.82 Å². The number of anilines is 1. The van der Waals surface area contributed by atoms with E-state index in [0.717, 1.165) is 55.7 Å². The van der Waals surface area contributed by atoms with Gasteiger partial charge in [0.15, 0.2) is 5.96 Å². The van der Waals surface area contributed by atoms with Crippen molar-refractivity contribution in [2.45, 2.75) is 39.3 Å². The summed E-state index contributed by atoms with van der Waals surface area (Å²) in [6.45, 7) is 8.82. The largest absolute Gasteiger partial charge is 0.363 e. The number of likely N-dealkylation sites (tertiary alicyclic amines) is 1. The molecule has 2 aromatic rings. The van der Waals surface area contributed by atoms with Gasteiger partial charge < -0.3 is 20.4 Å². The number of rotatable bonds is 6. The molecular weight excluding hydrogens is 360 g/mol. The molecule has 0 unspecified atom stereocenters. The van der Waals surface area contributed by atoms with Gasteiger partial charge in [0.25, 0.3) is 0 Å².